The molecule has 3 nitrogen and oxygen atoms in total. The monoisotopic (exact) mass is 289 g/mol. The Hall–Kier alpha value is -1.35. The minimum absolute atomic E-state index is 0.00225. The van der Waals surface area contributed by atoms with Gasteiger partial charge < -0.3 is 0 Å². The van der Waals surface area contributed by atoms with Gasteiger partial charge in [0.2, 0.25) is 11.8 Å². The number of carbonyl (C=O) groups is 2. The summed E-state index contributed by atoms with van der Waals surface area (Å²) in [7, 11) is 0. The van der Waals surface area contributed by atoms with E-state index in [2.05, 4.69) is 0 Å². The Morgan fingerprint density at radius 2 is 1.70 bits per heavy atom. The van der Waals surface area contributed by atoms with Crippen molar-refractivity contribution in [1.82, 2.24) is 0 Å². The lowest BCUT2D eigenvalue weighted by Crippen LogP contribution is -2.33. The molecule has 0 unspecified atom stereocenters. The number of hydrogen-bond acceptors (Lipinski definition) is 2. The molecule has 3 aliphatic rings. The summed E-state index contributed by atoms with van der Waals surface area (Å²) in [5.41, 5.74) is 1.48. The highest BCUT2D eigenvalue weighted by Gasteiger charge is 2.61. The van der Waals surface area contributed by atoms with E-state index in [0.29, 0.717) is 22.5 Å². The van der Waals surface area contributed by atoms with Crippen LogP contribution in [0, 0.1) is 30.6 Å². The van der Waals surface area contributed by atoms with Gasteiger partial charge >= 0.3 is 0 Å². The number of rotatable bonds is 1. The SMILES string of the molecule is Cc1c(Cl)cccc1N1C(=O)[C@@H]2[C@H]3CC[C@@H](C3)[C@H]2C1=O. The van der Waals surface area contributed by atoms with Gasteiger partial charge in [-0.1, -0.05) is 17.7 Å². The standard InChI is InChI=1S/C16H16ClNO2/c1-8-11(17)3-2-4-12(8)18-15(19)13-9-5-6-10(7-9)14(13)16(18)20/h2-4,9-10,13-14H,5-7H2,1H3/t9-,10-,13+,14+/m0/s1. The predicted octanol–water partition coefficient (Wildman–Crippen LogP) is 3.18. The first kappa shape index (κ1) is 12.4. The number of nitrogens with zero attached hydrogens (tertiary/aromatic N) is 1. The Morgan fingerprint density at radius 1 is 1.10 bits per heavy atom. The molecule has 0 spiro atoms. The van der Waals surface area contributed by atoms with Gasteiger partial charge in [-0.3, -0.25) is 9.59 Å². The number of amides is 2. The molecule has 1 aromatic carbocycles. The lowest BCUT2D eigenvalue weighted by atomic mass is 9.81. The maximum atomic E-state index is 12.7. The van der Waals surface area contributed by atoms with E-state index < -0.39 is 0 Å². The van der Waals surface area contributed by atoms with Gasteiger partial charge in [-0.15, -0.1) is 0 Å². The zero-order valence-corrected chi connectivity index (χ0v) is 12.1. The highest BCUT2D eigenvalue weighted by atomic mass is 35.5. The molecule has 2 amide bonds. The van der Waals surface area contributed by atoms with Crippen LogP contribution in [0.5, 0.6) is 0 Å². The molecule has 4 atom stereocenters. The average molecular weight is 290 g/mol. The molecule has 2 bridgehead atoms. The predicted molar refractivity (Wildman–Crippen MR) is 76.5 cm³/mol. The molecule has 20 heavy (non-hydrogen) atoms. The van der Waals surface area contributed by atoms with Gasteiger partial charge in [0.25, 0.3) is 0 Å². The van der Waals surface area contributed by atoms with Crippen molar-refractivity contribution in [3.8, 4) is 0 Å². The highest BCUT2D eigenvalue weighted by Crippen LogP contribution is 2.56. The zero-order chi connectivity index (χ0) is 14.0. The third-order valence-electron chi connectivity index (χ3n) is 5.41. The number of fused-ring (bicyclic) bond motifs is 5. The maximum Gasteiger partial charge on any atom is 0.237 e. The van der Waals surface area contributed by atoms with Crippen LogP contribution in [0.2, 0.25) is 5.02 Å². The summed E-state index contributed by atoms with van der Waals surface area (Å²) in [6.45, 7) is 1.86. The largest absolute Gasteiger partial charge is 0.274 e. The Labute approximate surface area is 122 Å². The summed E-state index contributed by atoms with van der Waals surface area (Å²) in [5.74, 6) is 0.700. The summed E-state index contributed by atoms with van der Waals surface area (Å²) < 4.78 is 0. The molecular formula is C16H16ClNO2. The van der Waals surface area contributed by atoms with Crippen LogP contribution < -0.4 is 4.90 Å². The van der Waals surface area contributed by atoms with Crippen molar-refractivity contribution in [3.05, 3.63) is 28.8 Å². The molecule has 4 rings (SSSR count). The lowest BCUT2D eigenvalue weighted by Gasteiger charge is -2.19. The number of imide groups is 1. The second kappa shape index (κ2) is 4.08. The highest BCUT2D eigenvalue weighted by molar-refractivity contribution is 6.32. The van der Waals surface area contributed by atoms with Crippen molar-refractivity contribution in [2.75, 3.05) is 4.90 Å². The minimum Gasteiger partial charge on any atom is -0.274 e. The van der Waals surface area contributed by atoms with Crippen LogP contribution in [0.1, 0.15) is 24.8 Å². The van der Waals surface area contributed by atoms with Crippen LogP contribution in [-0.4, -0.2) is 11.8 Å². The molecule has 0 radical (unpaired) electrons. The Kier molecular flexibility index (Phi) is 2.53. The summed E-state index contributed by atoms with van der Waals surface area (Å²) in [6.07, 6.45) is 3.27. The summed E-state index contributed by atoms with van der Waals surface area (Å²) in [4.78, 5) is 26.8. The fraction of sp³-hybridized carbons (Fsp3) is 0.500. The zero-order valence-electron chi connectivity index (χ0n) is 11.3. The summed E-state index contributed by atoms with van der Waals surface area (Å²) in [5, 5.41) is 0.600. The topological polar surface area (TPSA) is 37.4 Å². The molecule has 4 heteroatoms. The quantitative estimate of drug-likeness (QED) is 0.745. The van der Waals surface area contributed by atoms with E-state index in [1.165, 1.54) is 4.90 Å². The van der Waals surface area contributed by atoms with Crippen molar-refractivity contribution in [2.24, 2.45) is 23.7 Å². The number of halogens is 1. The number of hydrogen-bond donors (Lipinski definition) is 0. The maximum absolute atomic E-state index is 12.7. The van der Waals surface area contributed by atoms with E-state index >= 15 is 0 Å². The van der Waals surface area contributed by atoms with E-state index in [4.69, 9.17) is 11.6 Å². The van der Waals surface area contributed by atoms with Crippen molar-refractivity contribution in [3.63, 3.8) is 0 Å². The molecule has 1 heterocycles. The van der Waals surface area contributed by atoms with Crippen LogP contribution in [0.25, 0.3) is 0 Å². The van der Waals surface area contributed by atoms with Gasteiger partial charge in [0, 0.05) is 5.02 Å². The molecule has 1 aromatic rings. The molecule has 2 aliphatic carbocycles. The molecular weight excluding hydrogens is 274 g/mol. The number of benzene rings is 1. The van der Waals surface area contributed by atoms with Gasteiger partial charge in [0.05, 0.1) is 17.5 Å². The number of carbonyl (C=O) groups excluding carboxylic acids is 2. The molecule has 0 aromatic heterocycles. The first-order valence-corrected chi connectivity index (χ1v) is 7.60. The second-order valence-corrected chi connectivity index (χ2v) is 6.69. The first-order valence-electron chi connectivity index (χ1n) is 7.22. The molecule has 1 aliphatic heterocycles. The van der Waals surface area contributed by atoms with Crippen LogP contribution in [-0.2, 0) is 9.59 Å². The Balaban J connectivity index is 1.79. The normalized spacial score (nSPS) is 35.0. The van der Waals surface area contributed by atoms with Gasteiger partial charge in [-0.05, 0) is 55.7 Å². The molecule has 2 saturated carbocycles. The van der Waals surface area contributed by atoms with Crippen LogP contribution in [0.3, 0.4) is 0 Å². The van der Waals surface area contributed by atoms with Gasteiger partial charge in [0.15, 0.2) is 0 Å². The van der Waals surface area contributed by atoms with E-state index in [9.17, 15) is 9.59 Å². The van der Waals surface area contributed by atoms with Gasteiger partial charge in [-0.2, -0.15) is 0 Å². The fourth-order valence-electron chi connectivity index (χ4n) is 4.48. The summed E-state index contributed by atoms with van der Waals surface area (Å²) in [6, 6.07) is 5.41. The van der Waals surface area contributed by atoms with Crippen LogP contribution in [0.15, 0.2) is 18.2 Å². The first-order chi connectivity index (χ1) is 9.59. The lowest BCUT2D eigenvalue weighted by molar-refractivity contribution is -0.123. The van der Waals surface area contributed by atoms with E-state index in [-0.39, 0.29) is 23.7 Å². The van der Waals surface area contributed by atoms with Gasteiger partial charge in [-0.25, -0.2) is 4.90 Å². The Morgan fingerprint density at radius 3 is 2.30 bits per heavy atom. The third-order valence-corrected chi connectivity index (χ3v) is 5.82. The van der Waals surface area contributed by atoms with Crippen LogP contribution >= 0.6 is 11.6 Å². The van der Waals surface area contributed by atoms with E-state index in [1.54, 1.807) is 12.1 Å². The number of anilines is 1. The van der Waals surface area contributed by atoms with Crippen molar-refractivity contribution in [1.29, 1.82) is 0 Å². The third kappa shape index (κ3) is 1.42. The average Bonchev–Trinajstić information content (AvgIpc) is 3.09. The van der Waals surface area contributed by atoms with Crippen molar-refractivity contribution in [2.45, 2.75) is 26.2 Å². The molecule has 1 saturated heterocycles. The molecule has 104 valence electrons. The fourth-order valence-corrected chi connectivity index (χ4v) is 4.65. The van der Waals surface area contributed by atoms with Crippen molar-refractivity contribution < 1.29 is 9.59 Å². The second-order valence-electron chi connectivity index (χ2n) is 6.28. The van der Waals surface area contributed by atoms with Crippen LogP contribution in [0.4, 0.5) is 5.69 Å². The smallest absolute Gasteiger partial charge is 0.237 e. The molecule has 0 N–H and O–H groups in total. The Bertz CT molecular complexity index is 599. The van der Waals surface area contributed by atoms with E-state index in [0.717, 1.165) is 24.8 Å². The van der Waals surface area contributed by atoms with Gasteiger partial charge in [0.1, 0.15) is 0 Å². The molecule has 3 fully saturated rings. The minimum atomic E-state index is -0.0698. The van der Waals surface area contributed by atoms with Crippen molar-refractivity contribution >= 4 is 29.1 Å². The van der Waals surface area contributed by atoms with E-state index in [1.807, 2.05) is 13.0 Å². The summed E-state index contributed by atoms with van der Waals surface area (Å²) >= 11 is 6.13.